The topological polar surface area (TPSA) is 26.3 Å². The van der Waals surface area contributed by atoms with Gasteiger partial charge in [-0.25, -0.2) is 4.79 Å². The number of carbonyl (C=O) groups excluding carboxylic acids is 1. The molecule has 0 saturated heterocycles. The number of thioether (sulfide) groups is 1. The van der Waals surface area contributed by atoms with Gasteiger partial charge in [0.25, 0.3) is 0 Å². The van der Waals surface area contributed by atoms with Crippen LogP contribution in [0.15, 0.2) is 23.5 Å². The van der Waals surface area contributed by atoms with Crippen LogP contribution in [0.25, 0.3) is 0 Å². The zero-order chi connectivity index (χ0) is 7.11. The van der Waals surface area contributed by atoms with Gasteiger partial charge in [0.15, 0.2) is 0 Å². The molecule has 9 heavy (non-hydrogen) atoms. The van der Waals surface area contributed by atoms with Crippen molar-refractivity contribution in [3.8, 4) is 0 Å². The van der Waals surface area contributed by atoms with Crippen molar-refractivity contribution in [3.63, 3.8) is 0 Å². The minimum Gasteiger partial charge on any atom is -0.466 e. The van der Waals surface area contributed by atoms with Crippen molar-refractivity contribution in [1.82, 2.24) is 0 Å². The van der Waals surface area contributed by atoms with Crippen LogP contribution >= 0.6 is 11.8 Å². The Bertz CT molecular complexity index is 129. The summed E-state index contributed by atoms with van der Waals surface area (Å²) in [7, 11) is 1.34. The zero-order valence-corrected chi connectivity index (χ0v) is 5.98. The van der Waals surface area contributed by atoms with Crippen molar-refractivity contribution in [1.29, 1.82) is 0 Å². The molecule has 0 rings (SSSR count). The second-order valence-corrected chi connectivity index (χ2v) is 2.01. The molecule has 0 radical (unpaired) electrons. The third-order valence-corrected chi connectivity index (χ3v) is 1.07. The molecule has 0 amide bonds. The van der Waals surface area contributed by atoms with Crippen LogP contribution in [-0.2, 0) is 9.53 Å². The second-order valence-electron chi connectivity index (χ2n) is 1.13. The first kappa shape index (κ1) is 8.30. The van der Waals surface area contributed by atoms with E-state index in [-0.39, 0.29) is 5.97 Å². The summed E-state index contributed by atoms with van der Waals surface area (Å²) < 4.78 is 4.32. The van der Waals surface area contributed by atoms with Crippen molar-refractivity contribution in [3.05, 3.63) is 23.5 Å². The highest BCUT2D eigenvalue weighted by atomic mass is 32.2. The Morgan fingerprint density at radius 3 is 2.89 bits per heavy atom. The lowest BCUT2D eigenvalue weighted by Gasteiger charge is -1.86. The van der Waals surface area contributed by atoms with Crippen LogP contribution in [-0.4, -0.2) is 13.1 Å². The summed E-state index contributed by atoms with van der Waals surface area (Å²) in [4.78, 5) is 10.3. The number of esters is 1. The van der Waals surface area contributed by atoms with Gasteiger partial charge in [0.05, 0.1) is 7.11 Å². The van der Waals surface area contributed by atoms with E-state index in [4.69, 9.17) is 0 Å². The highest BCUT2D eigenvalue weighted by molar-refractivity contribution is 8.04. The monoisotopic (exact) mass is 144 g/mol. The predicted molar refractivity (Wildman–Crippen MR) is 38.9 cm³/mol. The highest BCUT2D eigenvalue weighted by Crippen LogP contribution is 2.00. The smallest absolute Gasteiger partial charge is 0.330 e. The van der Waals surface area contributed by atoms with Crippen LogP contribution < -0.4 is 0 Å². The lowest BCUT2D eigenvalue weighted by molar-refractivity contribution is -0.134. The van der Waals surface area contributed by atoms with E-state index in [0.717, 1.165) is 0 Å². The van der Waals surface area contributed by atoms with Crippen LogP contribution in [0.4, 0.5) is 0 Å². The lowest BCUT2D eigenvalue weighted by atomic mass is 10.7. The summed E-state index contributed by atoms with van der Waals surface area (Å²) in [6.07, 6.45) is 1.34. The van der Waals surface area contributed by atoms with Crippen molar-refractivity contribution >= 4 is 17.7 Å². The van der Waals surface area contributed by atoms with Crippen molar-refractivity contribution in [2.24, 2.45) is 0 Å². The Labute approximate surface area is 58.6 Å². The molecule has 50 valence electrons. The molecule has 0 unspecified atom stereocenters. The molecule has 0 aromatic rings. The molecule has 0 heterocycles. The summed E-state index contributed by atoms with van der Waals surface area (Å²) in [5.41, 5.74) is 0. The Morgan fingerprint density at radius 1 is 1.78 bits per heavy atom. The lowest BCUT2D eigenvalue weighted by Crippen LogP contribution is -1.92. The standard InChI is InChI=1S/C6H8O2S/c1-3-9-5-4-6(7)8-2/h3-5H,1H2,2H3/b5-4+. The zero-order valence-electron chi connectivity index (χ0n) is 5.16. The number of ether oxygens (including phenoxy) is 1. The summed E-state index contributed by atoms with van der Waals surface area (Å²) in [6, 6.07) is 0. The Kier molecular flexibility index (Phi) is 5.01. The third-order valence-electron chi connectivity index (χ3n) is 0.580. The molecule has 0 saturated carbocycles. The Hall–Kier alpha value is -0.700. The first-order chi connectivity index (χ1) is 4.31. The largest absolute Gasteiger partial charge is 0.466 e. The maximum Gasteiger partial charge on any atom is 0.330 e. The van der Waals surface area contributed by atoms with Crippen LogP contribution in [0.1, 0.15) is 0 Å². The van der Waals surface area contributed by atoms with Gasteiger partial charge in [0.2, 0.25) is 0 Å². The van der Waals surface area contributed by atoms with Crippen LogP contribution in [0.3, 0.4) is 0 Å². The van der Waals surface area contributed by atoms with Crippen LogP contribution in [0.5, 0.6) is 0 Å². The summed E-state index contributed by atoms with van der Waals surface area (Å²) in [5.74, 6) is -0.343. The highest BCUT2D eigenvalue weighted by Gasteiger charge is 1.86. The van der Waals surface area contributed by atoms with Gasteiger partial charge in [-0.3, -0.25) is 0 Å². The molecule has 0 aliphatic heterocycles. The Morgan fingerprint density at radius 2 is 2.44 bits per heavy atom. The van der Waals surface area contributed by atoms with Gasteiger partial charge in [-0.15, -0.1) is 11.8 Å². The van der Waals surface area contributed by atoms with Gasteiger partial charge >= 0.3 is 5.97 Å². The minimum atomic E-state index is -0.343. The molecule has 0 fully saturated rings. The fourth-order valence-electron chi connectivity index (χ4n) is 0.218. The van der Waals surface area contributed by atoms with Gasteiger partial charge in [-0.1, -0.05) is 6.58 Å². The van der Waals surface area contributed by atoms with Crippen molar-refractivity contribution < 1.29 is 9.53 Å². The van der Waals surface area contributed by atoms with Crippen LogP contribution in [0, 0.1) is 0 Å². The van der Waals surface area contributed by atoms with Crippen LogP contribution in [0.2, 0.25) is 0 Å². The van der Waals surface area contributed by atoms with E-state index in [1.54, 1.807) is 10.8 Å². The normalized spacial score (nSPS) is 9.44. The van der Waals surface area contributed by atoms with E-state index < -0.39 is 0 Å². The molecule has 3 heteroatoms. The fourth-order valence-corrected chi connectivity index (χ4v) is 0.519. The molecule has 0 aromatic carbocycles. The minimum absolute atomic E-state index is 0.343. The van der Waals surface area contributed by atoms with Gasteiger partial charge in [0.1, 0.15) is 0 Å². The average Bonchev–Trinajstić information content (AvgIpc) is 1.89. The van der Waals surface area contributed by atoms with Gasteiger partial charge in [-0.05, 0) is 10.8 Å². The first-order valence-electron chi connectivity index (χ1n) is 2.32. The van der Waals surface area contributed by atoms with E-state index in [1.165, 1.54) is 24.9 Å². The fraction of sp³-hybridized carbons (Fsp3) is 0.167. The first-order valence-corrected chi connectivity index (χ1v) is 3.26. The molecule has 0 N–H and O–H groups in total. The number of methoxy groups -OCH3 is 1. The van der Waals surface area contributed by atoms with Crippen molar-refractivity contribution in [2.75, 3.05) is 7.11 Å². The maximum absolute atomic E-state index is 10.3. The van der Waals surface area contributed by atoms with Crippen molar-refractivity contribution in [2.45, 2.75) is 0 Å². The third kappa shape index (κ3) is 5.17. The quantitative estimate of drug-likeness (QED) is 0.444. The molecular formula is C6H8O2S. The number of hydrogen-bond acceptors (Lipinski definition) is 3. The second kappa shape index (κ2) is 5.44. The molecule has 0 bridgehead atoms. The average molecular weight is 144 g/mol. The predicted octanol–water partition coefficient (Wildman–Crippen LogP) is 1.55. The van der Waals surface area contributed by atoms with E-state index in [0.29, 0.717) is 0 Å². The molecule has 0 aromatic heterocycles. The molecular weight excluding hydrogens is 136 g/mol. The molecule has 0 aliphatic rings. The van der Waals surface area contributed by atoms with Gasteiger partial charge in [0, 0.05) is 6.08 Å². The van der Waals surface area contributed by atoms with Gasteiger partial charge in [-0.2, -0.15) is 0 Å². The van der Waals surface area contributed by atoms with Gasteiger partial charge < -0.3 is 4.74 Å². The molecule has 0 aliphatic carbocycles. The summed E-state index contributed by atoms with van der Waals surface area (Å²) >= 11 is 1.33. The van der Waals surface area contributed by atoms with E-state index in [1.807, 2.05) is 0 Å². The molecule has 2 nitrogen and oxygen atoms in total. The number of carbonyl (C=O) groups is 1. The number of hydrogen-bond donors (Lipinski definition) is 0. The number of rotatable bonds is 3. The SMILES string of the molecule is C=CS/C=C/C(=O)OC. The summed E-state index contributed by atoms with van der Waals surface area (Å²) in [5, 5.41) is 3.23. The maximum atomic E-state index is 10.3. The van der Waals surface area contributed by atoms with E-state index in [9.17, 15) is 4.79 Å². The Balaban J connectivity index is 3.43. The summed E-state index contributed by atoms with van der Waals surface area (Å²) in [6.45, 7) is 3.44. The molecule has 0 spiro atoms. The van der Waals surface area contributed by atoms with E-state index in [2.05, 4.69) is 11.3 Å². The van der Waals surface area contributed by atoms with E-state index >= 15 is 0 Å². The molecule has 0 atom stereocenters.